The van der Waals surface area contributed by atoms with Crippen molar-refractivity contribution < 1.29 is 9.53 Å². The number of thioether (sulfide) groups is 1. The molecule has 2 atom stereocenters. The van der Waals surface area contributed by atoms with Crippen LogP contribution in [0, 0.1) is 11.3 Å². The number of carbonyl (C=O) groups excluding carboxylic acids is 1. The molecule has 0 bridgehead atoms. The molecule has 1 N–H and O–H groups in total. The first kappa shape index (κ1) is 15.8. The maximum Gasteiger partial charge on any atom is 0.322 e. The van der Waals surface area contributed by atoms with Crippen LogP contribution in [0.15, 0.2) is 47.6 Å². The molecule has 0 aliphatic heterocycles. The van der Waals surface area contributed by atoms with Gasteiger partial charge < -0.3 is 4.74 Å². The Morgan fingerprint density at radius 3 is 2.76 bits per heavy atom. The average molecular weight is 303 g/mol. The summed E-state index contributed by atoms with van der Waals surface area (Å²) in [5.41, 5.74) is 2.73. The van der Waals surface area contributed by atoms with Crippen LogP contribution in [0.3, 0.4) is 0 Å². The van der Waals surface area contributed by atoms with Crippen molar-refractivity contribution in [1.29, 1.82) is 5.41 Å². The van der Waals surface area contributed by atoms with Gasteiger partial charge in [0.2, 0.25) is 0 Å². The summed E-state index contributed by atoms with van der Waals surface area (Å²) in [6, 6.07) is 0. The van der Waals surface area contributed by atoms with Crippen LogP contribution in [0.1, 0.15) is 27.2 Å². The van der Waals surface area contributed by atoms with Crippen molar-refractivity contribution in [2.45, 2.75) is 31.9 Å². The van der Waals surface area contributed by atoms with Crippen molar-refractivity contribution in [3.63, 3.8) is 0 Å². The third kappa shape index (κ3) is 3.38. The van der Waals surface area contributed by atoms with Crippen LogP contribution in [-0.4, -0.2) is 22.4 Å². The molecule has 0 aromatic rings. The summed E-state index contributed by atoms with van der Waals surface area (Å²) in [5, 5.41) is 8.74. The molecule has 0 amide bonds. The SMILES string of the molecule is C=C1C=CC(C)=CC(C(=N)SC2(C(=O)OCC)CC2C)=C1. The summed E-state index contributed by atoms with van der Waals surface area (Å²) in [6.07, 6.45) is 8.51. The molecule has 2 unspecified atom stereocenters. The smallest absolute Gasteiger partial charge is 0.322 e. The Bertz CT molecular complexity index is 586. The number of ether oxygens (including phenoxy) is 1. The molecule has 0 heterocycles. The first-order chi connectivity index (χ1) is 9.89. The molecule has 112 valence electrons. The number of hydrogen-bond acceptors (Lipinski definition) is 4. The molecule has 2 aliphatic carbocycles. The van der Waals surface area contributed by atoms with Crippen LogP contribution < -0.4 is 0 Å². The lowest BCUT2D eigenvalue weighted by molar-refractivity contribution is -0.143. The third-order valence-electron chi connectivity index (χ3n) is 3.70. The number of carbonyl (C=O) groups is 1. The van der Waals surface area contributed by atoms with E-state index in [4.69, 9.17) is 10.1 Å². The van der Waals surface area contributed by atoms with Gasteiger partial charge in [-0.2, -0.15) is 0 Å². The second kappa shape index (κ2) is 6.06. The van der Waals surface area contributed by atoms with Crippen LogP contribution in [0.4, 0.5) is 0 Å². The topological polar surface area (TPSA) is 50.2 Å². The lowest BCUT2D eigenvalue weighted by Crippen LogP contribution is -2.25. The van der Waals surface area contributed by atoms with E-state index in [9.17, 15) is 4.79 Å². The minimum Gasteiger partial charge on any atom is -0.465 e. The zero-order valence-electron chi connectivity index (χ0n) is 12.7. The van der Waals surface area contributed by atoms with Crippen LogP contribution in [0.5, 0.6) is 0 Å². The molecule has 2 rings (SSSR count). The Labute approximate surface area is 130 Å². The molecule has 4 heteroatoms. The zero-order valence-corrected chi connectivity index (χ0v) is 13.5. The van der Waals surface area contributed by atoms with E-state index in [1.165, 1.54) is 11.8 Å². The summed E-state index contributed by atoms with van der Waals surface area (Å²) in [6.45, 7) is 10.1. The van der Waals surface area contributed by atoms with Gasteiger partial charge in [-0.3, -0.25) is 10.2 Å². The largest absolute Gasteiger partial charge is 0.465 e. The van der Waals surface area contributed by atoms with Crippen LogP contribution in [0.2, 0.25) is 0 Å². The van der Waals surface area contributed by atoms with Crippen molar-refractivity contribution in [3.05, 3.63) is 47.6 Å². The van der Waals surface area contributed by atoms with Gasteiger partial charge in [0.05, 0.1) is 11.7 Å². The van der Waals surface area contributed by atoms with Crippen molar-refractivity contribution in [2.24, 2.45) is 5.92 Å². The lowest BCUT2D eigenvalue weighted by atomic mass is 10.2. The van der Waals surface area contributed by atoms with Crippen molar-refractivity contribution >= 4 is 22.8 Å². The summed E-state index contributed by atoms with van der Waals surface area (Å²) in [5.74, 6) is 0.0545. The summed E-state index contributed by atoms with van der Waals surface area (Å²) < 4.78 is 4.60. The Hall–Kier alpha value is -1.55. The van der Waals surface area contributed by atoms with E-state index < -0.39 is 4.75 Å². The Balaban J connectivity index is 2.16. The first-order valence-electron chi connectivity index (χ1n) is 7.11. The van der Waals surface area contributed by atoms with E-state index >= 15 is 0 Å². The Kier molecular flexibility index (Phi) is 4.57. The van der Waals surface area contributed by atoms with Gasteiger partial charge in [-0.25, -0.2) is 0 Å². The summed E-state index contributed by atoms with van der Waals surface area (Å²) in [7, 11) is 0. The number of nitrogens with one attached hydrogen (secondary N) is 1. The third-order valence-corrected chi connectivity index (χ3v) is 5.24. The van der Waals surface area contributed by atoms with Gasteiger partial charge in [0.1, 0.15) is 4.75 Å². The van der Waals surface area contributed by atoms with Crippen LogP contribution in [0.25, 0.3) is 0 Å². The fourth-order valence-corrected chi connectivity index (χ4v) is 3.59. The maximum atomic E-state index is 12.1. The van der Waals surface area contributed by atoms with Crippen molar-refractivity contribution in [1.82, 2.24) is 0 Å². The summed E-state index contributed by atoms with van der Waals surface area (Å²) >= 11 is 1.32. The van der Waals surface area contributed by atoms with Gasteiger partial charge in [0, 0.05) is 5.57 Å². The van der Waals surface area contributed by atoms with E-state index in [-0.39, 0.29) is 11.9 Å². The second-order valence-corrected chi connectivity index (χ2v) is 6.88. The summed E-state index contributed by atoms with van der Waals surface area (Å²) in [4.78, 5) is 12.1. The standard InChI is InChI=1S/C17H21NO2S/c1-5-20-16(19)17(10-13(17)4)21-15(18)14-8-11(2)6-7-12(3)9-14/h6-9,13,18H,2,5,10H2,1,3-4H3. The van der Waals surface area contributed by atoms with Crippen molar-refractivity contribution in [3.8, 4) is 0 Å². The Morgan fingerprint density at radius 1 is 1.52 bits per heavy atom. The maximum absolute atomic E-state index is 12.1. The number of esters is 1. The molecule has 21 heavy (non-hydrogen) atoms. The normalized spacial score (nSPS) is 27.6. The van der Waals surface area contributed by atoms with Gasteiger partial charge in [0.15, 0.2) is 0 Å². The Morgan fingerprint density at radius 2 is 2.19 bits per heavy atom. The lowest BCUT2D eigenvalue weighted by Gasteiger charge is -2.16. The molecule has 0 spiro atoms. The molecule has 2 aliphatic rings. The van der Waals surface area contributed by atoms with Gasteiger partial charge in [0.25, 0.3) is 0 Å². The fraction of sp³-hybridized carbons (Fsp3) is 0.412. The molecule has 0 aromatic carbocycles. The minimum absolute atomic E-state index is 0.195. The first-order valence-corrected chi connectivity index (χ1v) is 7.93. The molecular formula is C17H21NO2S. The number of hydrogen-bond donors (Lipinski definition) is 1. The van der Waals surface area contributed by atoms with E-state index in [2.05, 4.69) is 6.58 Å². The van der Waals surface area contributed by atoms with Crippen molar-refractivity contribution in [2.75, 3.05) is 6.61 Å². The van der Waals surface area contributed by atoms with Gasteiger partial charge in [-0.15, -0.1) is 0 Å². The molecule has 0 saturated heterocycles. The highest BCUT2D eigenvalue weighted by atomic mass is 32.2. The van der Waals surface area contributed by atoms with Gasteiger partial charge >= 0.3 is 5.97 Å². The van der Waals surface area contributed by atoms with Gasteiger partial charge in [-0.1, -0.05) is 43.0 Å². The van der Waals surface area contributed by atoms with Gasteiger partial charge in [-0.05, 0) is 43.9 Å². The van der Waals surface area contributed by atoms with Crippen LogP contribution >= 0.6 is 11.8 Å². The van der Waals surface area contributed by atoms with E-state index in [1.807, 2.05) is 45.1 Å². The van der Waals surface area contributed by atoms with E-state index in [1.54, 1.807) is 0 Å². The highest BCUT2D eigenvalue weighted by molar-refractivity contribution is 8.16. The fourth-order valence-electron chi connectivity index (χ4n) is 2.31. The highest BCUT2D eigenvalue weighted by Crippen LogP contribution is 2.55. The highest BCUT2D eigenvalue weighted by Gasteiger charge is 2.60. The molecular weight excluding hydrogens is 282 g/mol. The molecule has 3 nitrogen and oxygen atoms in total. The monoisotopic (exact) mass is 303 g/mol. The minimum atomic E-state index is -0.573. The molecule has 1 fully saturated rings. The number of allylic oxidation sites excluding steroid dienone is 6. The molecule has 0 radical (unpaired) electrons. The number of rotatable bonds is 4. The zero-order chi connectivity index (χ0) is 15.6. The van der Waals surface area contributed by atoms with E-state index in [0.717, 1.165) is 23.1 Å². The molecule has 0 aromatic heterocycles. The predicted molar refractivity (Wildman–Crippen MR) is 88.6 cm³/mol. The van der Waals surface area contributed by atoms with Crippen LogP contribution in [-0.2, 0) is 9.53 Å². The predicted octanol–water partition coefficient (Wildman–Crippen LogP) is 4.04. The average Bonchev–Trinajstić information content (AvgIpc) is 3.10. The second-order valence-electron chi connectivity index (χ2n) is 5.54. The quantitative estimate of drug-likeness (QED) is 0.484. The molecule has 1 saturated carbocycles. The van der Waals surface area contributed by atoms with E-state index in [0.29, 0.717) is 11.7 Å².